The fourth-order valence-electron chi connectivity index (χ4n) is 3.57. The van der Waals surface area contributed by atoms with E-state index in [2.05, 4.69) is 0 Å². The number of hydrogen-bond acceptors (Lipinski definition) is 3. The fourth-order valence-corrected chi connectivity index (χ4v) is 4.73. The Labute approximate surface area is 139 Å². The van der Waals surface area contributed by atoms with Crippen LogP contribution >= 0.6 is 11.3 Å². The van der Waals surface area contributed by atoms with Gasteiger partial charge in [0.15, 0.2) is 5.78 Å². The Kier molecular flexibility index (Phi) is 3.66. The lowest BCUT2D eigenvalue weighted by molar-refractivity contribution is 0.104. The topological polar surface area (TPSA) is 43.1 Å². The van der Waals surface area contributed by atoms with Crippen molar-refractivity contribution >= 4 is 32.9 Å². The van der Waals surface area contributed by atoms with E-state index in [1.807, 2.05) is 42.5 Å². The Morgan fingerprint density at radius 1 is 0.957 bits per heavy atom. The molecule has 0 saturated heterocycles. The highest BCUT2D eigenvalue weighted by atomic mass is 32.1. The van der Waals surface area contributed by atoms with Crippen molar-refractivity contribution in [3.05, 3.63) is 64.0 Å². The van der Waals surface area contributed by atoms with Crippen molar-refractivity contribution in [2.24, 2.45) is 0 Å². The predicted octanol–water partition coefficient (Wildman–Crippen LogP) is 4.98. The molecule has 1 aliphatic carbocycles. The van der Waals surface area contributed by atoms with Crippen molar-refractivity contribution in [3.63, 3.8) is 0 Å². The number of rotatable bonds is 2. The number of carbonyl (C=O) groups excluding carboxylic acids is 1. The summed E-state index contributed by atoms with van der Waals surface area (Å²) in [5.74, 6) is 0.0821. The van der Waals surface area contributed by atoms with Crippen LogP contribution in [-0.2, 0) is 12.8 Å². The summed E-state index contributed by atoms with van der Waals surface area (Å²) in [5, 5.41) is 2.79. The van der Waals surface area contributed by atoms with Crippen LogP contribution in [0.25, 0.3) is 10.8 Å². The van der Waals surface area contributed by atoms with E-state index in [1.165, 1.54) is 23.3 Å². The van der Waals surface area contributed by atoms with E-state index in [9.17, 15) is 4.79 Å². The summed E-state index contributed by atoms with van der Waals surface area (Å²) in [6, 6.07) is 14.0. The molecule has 1 heterocycles. The number of anilines is 1. The van der Waals surface area contributed by atoms with Crippen LogP contribution in [-0.4, -0.2) is 5.78 Å². The van der Waals surface area contributed by atoms with Crippen LogP contribution in [0.2, 0.25) is 0 Å². The molecule has 2 N–H and O–H groups in total. The van der Waals surface area contributed by atoms with E-state index < -0.39 is 0 Å². The van der Waals surface area contributed by atoms with Crippen molar-refractivity contribution in [1.82, 2.24) is 0 Å². The first-order valence-corrected chi connectivity index (χ1v) is 9.00. The molecule has 0 fully saturated rings. The maximum Gasteiger partial charge on any atom is 0.196 e. The molecule has 3 heteroatoms. The van der Waals surface area contributed by atoms with Crippen molar-refractivity contribution < 1.29 is 4.79 Å². The van der Waals surface area contributed by atoms with Gasteiger partial charge in [0.05, 0.1) is 10.6 Å². The molecular formula is C20H19NOS. The smallest absolute Gasteiger partial charge is 0.196 e. The molecule has 0 aliphatic heterocycles. The van der Waals surface area contributed by atoms with E-state index in [0.717, 1.165) is 41.2 Å². The van der Waals surface area contributed by atoms with Gasteiger partial charge < -0.3 is 5.73 Å². The van der Waals surface area contributed by atoms with E-state index in [-0.39, 0.29) is 5.78 Å². The zero-order valence-corrected chi connectivity index (χ0v) is 13.8. The number of nitrogen functional groups attached to an aromatic ring is 1. The summed E-state index contributed by atoms with van der Waals surface area (Å²) in [4.78, 5) is 14.6. The number of thiophene rings is 1. The molecule has 3 aromatic rings. The average Bonchev–Trinajstić information content (AvgIpc) is 2.73. The standard InChI is InChI=1S/C20H19NOS/c21-20-18(16-10-2-1-3-12-17(16)23-20)19(22)15-11-6-8-13-7-4-5-9-14(13)15/h4-9,11H,1-3,10,12,21H2. The summed E-state index contributed by atoms with van der Waals surface area (Å²) in [7, 11) is 0. The lowest BCUT2D eigenvalue weighted by atomic mass is 9.94. The van der Waals surface area contributed by atoms with Crippen molar-refractivity contribution in [2.75, 3.05) is 5.73 Å². The molecule has 2 nitrogen and oxygen atoms in total. The monoisotopic (exact) mass is 321 g/mol. The number of fused-ring (bicyclic) bond motifs is 2. The normalized spacial score (nSPS) is 14.4. The molecule has 4 rings (SSSR count). The van der Waals surface area contributed by atoms with Gasteiger partial charge in [-0.3, -0.25) is 4.79 Å². The van der Waals surface area contributed by atoms with E-state index in [4.69, 9.17) is 5.73 Å². The molecule has 1 aliphatic rings. The number of carbonyl (C=O) groups is 1. The minimum absolute atomic E-state index is 0.0821. The molecule has 116 valence electrons. The summed E-state index contributed by atoms with van der Waals surface area (Å²) < 4.78 is 0. The molecule has 0 unspecified atom stereocenters. The Morgan fingerprint density at radius 2 is 1.74 bits per heavy atom. The first-order valence-electron chi connectivity index (χ1n) is 8.18. The Hall–Kier alpha value is -2.13. The number of hydrogen-bond donors (Lipinski definition) is 1. The third-order valence-electron chi connectivity index (χ3n) is 4.71. The Balaban J connectivity index is 1.88. The van der Waals surface area contributed by atoms with Gasteiger partial charge in [-0.25, -0.2) is 0 Å². The van der Waals surface area contributed by atoms with Crippen LogP contribution in [0.1, 0.15) is 45.6 Å². The lowest BCUT2D eigenvalue weighted by Crippen LogP contribution is -2.07. The average molecular weight is 321 g/mol. The summed E-state index contributed by atoms with van der Waals surface area (Å²) in [5.41, 5.74) is 8.99. The fraction of sp³-hybridized carbons (Fsp3) is 0.250. The molecule has 2 aromatic carbocycles. The maximum atomic E-state index is 13.3. The number of benzene rings is 2. The van der Waals surface area contributed by atoms with Crippen LogP contribution in [0.5, 0.6) is 0 Å². The maximum absolute atomic E-state index is 13.3. The second kappa shape index (κ2) is 5.82. The first kappa shape index (κ1) is 14.5. The molecule has 0 bridgehead atoms. The van der Waals surface area contributed by atoms with Gasteiger partial charge in [-0.05, 0) is 42.0 Å². The summed E-state index contributed by atoms with van der Waals surface area (Å²) >= 11 is 1.62. The van der Waals surface area contributed by atoms with Crippen LogP contribution in [0.3, 0.4) is 0 Å². The third-order valence-corrected chi connectivity index (χ3v) is 5.83. The third kappa shape index (κ3) is 2.45. The number of nitrogens with two attached hydrogens (primary N) is 1. The van der Waals surface area contributed by atoms with Crippen LogP contribution in [0.4, 0.5) is 5.00 Å². The van der Waals surface area contributed by atoms with Crippen LogP contribution in [0.15, 0.2) is 42.5 Å². The molecule has 23 heavy (non-hydrogen) atoms. The zero-order chi connectivity index (χ0) is 15.8. The van der Waals surface area contributed by atoms with Crippen molar-refractivity contribution in [1.29, 1.82) is 0 Å². The van der Waals surface area contributed by atoms with Crippen LogP contribution < -0.4 is 5.73 Å². The molecule has 0 spiro atoms. The van der Waals surface area contributed by atoms with Gasteiger partial charge in [-0.1, -0.05) is 48.9 Å². The summed E-state index contributed by atoms with van der Waals surface area (Å²) in [6.45, 7) is 0. The lowest BCUT2D eigenvalue weighted by Gasteiger charge is -2.08. The van der Waals surface area contributed by atoms with Crippen molar-refractivity contribution in [2.45, 2.75) is 32.1 Å². The highest BCUT2D eigenvalue weighted by Crippen LogP contribution is 2.37. The minimum atomic E-state index is 0.0821. The number of ketones is 1. The number of aryl methyl sites for hydroxylation is 1. The van der Waals surface area contributed by atoms with Gasteiger partial charge >= 0.3 is 0 Å². The molecule has 1 aromatic heterocycles. The molecule has 0 saturated carbocycles. The zero-order valence-electron chi connectivity index (χ0n) is 13.0. The van der Waals surface area contributed by atoms with Gasteiger partial charge in [-0.15, -0.1) is 11.3 Å². The highest BCUT2D eigenvalue weighted by molar-refractivity contribution is 7.16. The molecule has 0 radical (unpaired) electrons. The van der Waals surface area contributed by atoms with Gasteiger partial charge in [0.1, 0.15) is 0 Å². The van der Waals surface area contributed by atoms with E-state index in [0.29, 0.717) is 5.00 Å². The Morgan fingerprint density at radius 3 is 2.65 bits per heavy atom. The minimum Gasteiger partial charge on any atom is -0.390 e. The SMILES string of the molecule is Nc1sc2c(c1C(=O)c1cccc3ccccc13)CCCCC2. The second-order valence-electron chi connectivity index (χ2n) is 6.16. The molecule has 0 amide bonds. The quantitative estimate of drug-likeness (QED) is 0.534. The summed E-state index contributed by atoms with van der Waals surface area (Å²) in [6.07, 6.45) is 5.64. The predicted molar refractivity (Wildman–Crippen MR) is 97.4 cm³/mol. The Bertz CT molecular complexity index is 889. The molecular weight excluding hydrogens is 302 g/mol. The van der Waals surface area contributed by atoms with Gasteiger partial charge in [0.2, 0.25) is 0 Å². The first-order chi connectivity index (χ1) is 11.3. The van der Waals surface area contributed by atoms with Gasteiger partial charge in [0.25, 0.3) is 0 Å². The van der Waals surface area contributed by atoms with E-state index >= 15 is 0 Å². The highest BCUT2D eigenvalue weighted by Gasteiger charge is 2.24. The molecule has 0 atom stereocenters. The second-order valence-corrected chi connectivity index (χ2v) is 7.30. The van der Waals surface area contributed by atoms with Gasteiger partial charge in [-0.2, -0.15) is 0 Å². The van der Waals surface area contributed by atoms with E-state index in [1.54, 1.807) is 11.3 Å². The van der Waals surface area contributed by atoms with Crippen LogP contribution in [0, 0.1) is 0 Å². The van der Waals surface area contributed by atoms with Gasteiger partial charge in [0, 0.05) is 10.4 Å². The van der Waals surface area contributed by atoms with Crippen molar-refractivity contribution in [3.8, 4) is 0 Å². The largest absolute Gasteiger partial charge is 0.390 e.